The van der Waals surface area contributed by atoms with Crippen molar-refractivity contribution in [3.05, 3.63) is 0 Å². The van der Waals surface area contributed by atoms with Crippen LogP contribution in [0.2, 0.25) is 0 Å². The molecule has 0 aliphatic heterocycles. The third-order valence-corrected chi connectivity index (χ3v) is 3.85. The van der Waals surface area contributed by atoms with Crippen LogP contribution in [0.4, 0.5) is 0 Å². The van der Waals surface area contributed by atoms with Gasteiger partial charge in [-0.2, -0.15) is 0 Å². The maximum atomic E-state index is 12.1. The molecular weight excluding hydrogens is 206 g/mol. The van der Waals surface area contributed by atoms with E-state index < -0.39 is 11.9 Å². The second kappa shape index (κ2) is 3.47. The van der Waals surface area contributed by atoms with Gasteiger partial charge in [0.2, 0.25) is 5.91 Å². The van der Waals surface area contributed by atoms with Gasteiger partial charge in [0.25, 0.3) is 0 Å². The van der Waals surface area contributed by atoms with E-state index in [9.17, 15) is 9.59 Å². The van der Waals surface area contributed by atoms with Crippen molar-refractivity contribution < 1.29 is 14.7 Å². The van der Waals surface area contributed by atoms with Crippen molar-refractivity contribution in [2.24, 2.45) is 17.8 Å². The molecule has 88 valence electrons. The summed E-state index contributed by atoms with van der Waals surface area (Å²) >= 11 is 0. The van der Waals surface area contributed by atoms with Crippen molar-refractivity contribution in [1.82, 2.24) is 4.90 Å². The van der Waals surface area contributed by atoms with Gasteiger partial charge in [0, 0.05) is 12.6 Å². The normalized spacial score (nSPS) is 32.2. The second-order valence-electron chi connectivity index (χ2n) is 5.45. The molecule has 3 aliphatic rings. The maximum Gasteiger partial charge on any atom is 0.307 e. The van der Waals surface area contributed by atoms with Crippen LogP contribution < -0.4 is 0 Å². The summed E-state index contributed by atoms with van der Waals surface area (Å²) in [5, 5.41) is 8.83. The zero-order valence-electron chi connectivity index (χ0n) is 9.26. The SMILES string of the molecule is O=C(O)C1CC1C(=O)N(CC1CC1)C1CC1. The van der Waals surface area contributed by atoms with E-state index in [4.69, 9.17) is 5.11 Å². The summed E-state index contributed by atoms with van der Waals surface area (Å²) < 4.78 is 0. The highest BCUT2D eigenvalue weighted by molar-refractivity contribution is 5.89. The Hall–Kier alpha value is -1.06. The molecule has 0 spiro atoms. The van der Waals surface area contributed by atoms with Crippen molar-refractivity contribution in [2.75, 3.05) is 6.54 Å². The first kappa shape index (κ1) is 10.1. The molecule has 0 aromatic heterocycles. The van der Waals surface area contributed by atoms with Crippen molar-refractivity contribution in [3.63, 3.8) is 0 Å². The molecule has 1 amide bonds. The van der Waals surface area contributed by atoms with Crippen LogP contribution in [0.3, 0.4) is 0 Å². The highest BCUT2D eigenvalue weighted by Crippen LogP contribution is 2.43. The molecule has 1 N–H and O–H groups in total. The molecule has 16 heavy (non-hydrogen) atoms. The number of carboxylic acid groups (broad SMARTS) is 1. The van der Waals surface area contributed by atoms with Gasteiger partial charge in [-0.3, -0.25) is 9.59 Å². The van der Waals surface area contributed by atoms with E-state index in [1.54, 1.807) is 0 Å². The van der Waals surface area contributed by atoms with Gasteiger partial charge in [0.15, 0.2) is 0 Å². The van der Waals surface area contributed by atoms with Crippen LogP contribution in [-0.4, -0.2) is 34.5 Å². The zero-order valence-corrected chi connectivity index (χ0v) is 9.26. The van der Waals surface area contributed by atoms with Gasteiger partial charge in [-0.15, -0.1) is 0 Å². The van der Waals surface area contributed by atoms with Crippen LogP contribution in [-0.2, 0) is 9.59 Å². The Labute approximate surface area is 94.6 Å². The van der Waals surface area contributed by atoms with Gasteiger partial charge in [0.05, 0.1) is 11.8 Å². The average molecular weight is 223 g/mol. The summed E-state index contributed by atoms with van der Waals surface area (Å²) in [7, 11) is 0. The summed E-state index contributed by atoms with van der Waals surface area (Å²) in [5.41, 5.74) is 0. The van der Waals surface area contributed by atoms with Crippen molar-refractivity contribution >= 4 is 11.9 Å². The number of carbonyl (C=O) groups excluding carboxylic acids is 1. The van der Waals surface area contributed by atoms with E-state index in [1.165, 1.54) is 12.8 Å². The number of carbonyl (C=O) groups is 2. The largest absolute Gasteiger partial charge is 0.481 e. The van der Waals surface area contributed by atoms with Gasteiger partial charge in [-0.1, -0.05) is 0 Å². The van der Waals surface area contributed by atoms with E-state index in [1.807, 2.05) is 4.90 Å². The van der Waals surface area contributed by atoms with Crippen LogP contribution in [0.25, 0.3) is 0 Å². The van der Waals surface area contributed by atoms with Crippen molar-refractivity contribution in [3.8, 4) is 0 Å². The quantitative estimate of drug-likeness (QED) is 0.759. The molecule has 0 saturated heterocycles. The first-order valence-electron chi connectivity index (χ1n) is 6.20. The van der Waals surface area contributed by atoms with Crippen LogP contribution in [0.1, 0.15) is 32.1 Å². The number of rotatable bonds is 5. The Kier molecular flexibility index (Phi) is 2.19. The summed E-state index contributed by atoms with van der Waals surface area (Å²) in [6, 6.07) is 0.433. The zero-order chi connectivity index (χ0) is 11.3. The molecule has 0 aromatic rings. The van der Waals surface area contributed by atoms with Crippen molar-refractivity contribution in [2.45, 2.75) is 38.1 Å². The summed E-state index contributed by atoms with van der Waals surface area (Å²) in [6.07, 6.45) is 5.26. The maximum absolute atomic E-state index is 12.1. The minimum absolute atomic E-state index is 0.113. The van der Waals surface area contributed by atoms with Gasteiger partial charge in [-0.25, -0.2) is 0 Å². The van der Waals surface area contributed by atoms with Crippen molar-refractivity contribution in [1.29, 1.82) is 0 Å². The predicted molar refractivity (Wildman–Crippen MR) is 56.7 cm³/mol. The first-order chi connectivity index (χ1) is 7.66. The summed E-state index contributed by atoms with van der Waals surface area (Å²) in [6.45, 7) is 0.881. The smallest absolute Gasteiger partial charge is 0.307 e. The van der Waals surface area contributed by atoms with Crippen LogP contribution >= 0.6 is 0 Å². The molecule has 4 heteroatoms. The standard InChI is InChI=1S/C12H17NO3/c14-11(9-5-10(9)12(15)16)13(8-3-4-8)6-7-1-2-7/h7-10H,1-6H2,(H,15,16). The predicted octanol–water partition coefficient (Wildman–Crippen LogP) is 1.11. The monoisotopic (exact) mass is 223 g/mol. The molecule has 0 heterocycles. The number of aliphatic carboxylic acids is 1. The average Bonchev–Trinajstić information content (AvgIpc) is 3.15. The molecule has 4 nitrogen and oxygen atoms in total. The van der Waals surface area contributed by atoms with Crippen LogP contribution in [0, 0.1) is 17.8 Å². The number of nitrogens with zero attached hydrogens (tertiary/aromatic N) is 1. The number of amides is 1. The van der Waals surface area contributed by atoms with Crippen LogP contribution in [0.15, 0.2) is 0 Å². The Bertz CT molecular complexity index is 333. The molecule has 3 saturated carbocycles. The number of hydrogen-bond donors (Lipinski definition) is 1. The number of hydrogen-bond acceptors (Lipinski definition) is 2. The molecule has 0 radical (unpaired) electrons. The molecule has 2 atom stereocenters. The highest BCUT2D eigenvalue weighted by atomic mass is 16.4. The fourth-order valence-corrected chi connectivity index (χ4v) is 2.34. The minimum atomic E-state index is -0.805. The summed E-state index contributed by atoms with van der Waals surface area (Å²) in [4.78, 5) is 24.9. The Morgan fingerprint density at radius 2 is 1.81 bits per heavy atom. The Morgan fingerprint density at radius 3 is 2.25 bits per heavy atom. The van der Waals surface area contributed by atoms with Crippen LogP contribution in [0.5, 0.6) is 0 Å². The lowest BCUT2D eigenvalue weighted by atomic mass is 10.2. The lowest BCUT2D eigenvalue weighted by molar-refractivity contribution is -0.142. The fourth-order valence-electron chi connectivity index (χ4n) is 2.34. The third kappa shape index (κ3) is 1.93. The summed E-state index contributed by atoms with van der Waals surface area (Å²) in [5.74, 6) is -0.598. The van der Waals surface area contributed by atoms with Gasteiger partial charge in [-0.05, 0) is 38.0 Å². The Morgan fingerprint density at radius 1 is 1.12 bits per heavy atom. The lowest BCUT2D eigenvalue weighted by Crippen LogP contribution is -2.36. The van der Waals surface area contributed by atoms with Gasteiger partial charge >= 0.3 is 5.97 Å². The molecule has 0 aromatic carbocycles. The van der Waals surface area contributed by atoms with E-state index in [0.29, 0.717) is 18.4 Å². The molecule has 2 unspecified atom stereocenters. The van der Waals surface area contributed by atoms with E-state index in [2.05, 4.69) is 0 Å². The van der Waals surface area contributed by atoms with E-state index in [-0.39, 0.29) is 11.8 Å². The molecule has 3 aliphatic carbocycles. The first-order valence-corrected chi connectivity index (χ1v) is 6.20. The van der Waals surface area contributed by atoms with Gasteiger partial charge < -0.3 is 10.0 Å². The van der Waals surface area contributed by atoms with E-state index >= 15 is 0 Å². The topological polar surface area (TPSA) is 57.6 Å². The lowest BCUT2D eigenvalue weighted by Gasteiger charge is -2.22. The third-order valence-electron chi connectivity index (χ3n) is 3.85. The highest BCUT2D eigenvalue weighted by Gasteiger charge is 2.52. The second-order valence-corrected chi connectivity index (χ2v) is 5.45. The fraction of sp³-hybridized carbons (Fsp3) is 0.833. The molecule has 3 fully saturated rings. The Balaban J connectivity index is 1.60. The molecular formula is C12H17NO3. The number of carboxylic acids is 1. The van der Waals surface area contributed by atoms with E-state index in [0.717, 1.165) is 19.4 Å². The minimum Gasteiger partial charge on any atom is -0.481 e. The van der Waals surface area contributed by atoms with Gasteiger partial charge in [0.1, 0.15) is 0 Å². The molecule has 0 bridgehead atoms. The molecule has 3 rings (SSSR count).